The zero-order valence-electron chi connectivity index (χ0n) is 14.7. The molecule has 4 nitrogen and oxygen atoms in total. The molecule has 1 unspecified atom stereocenters. The van der Waals surface area contributed by atoms with E-state index in [0.717, 1.165) is 27.4 Å². The first-order valence-corrected chi connectivity index (χ1v) is 10.1. The number of benzene rings is 2. The number of pyridine rings is 1. The molecule has 136 valence electrons. The van der Waals surface area contributed by atoms with Gasteiger partial charge < -0.3 is 5.32 Å². The fourth-order valence-electron chi connectivity index (χ4n) is 3.33. The van der Waals surface area contributed by atoms with E-state index in [-0.39, 0.29) is 5.82 Å². The molecule has 1 N–H and O–H groups in total. The van der Waals surface area contributed by atoms with Crippen LogP contribution < -0.4 is 5.32 Å². The molecule has 1 aliphatic rings. The Morgan fingerprint density at radius 3 is 2.44 bits per heavy atom. The third kappa shape index (κ3) is 3.28. The Labute approximate surface area is 159 Å². The van der Waals surface area contributed by atoms with Crippen molar-refractivity contribution in [3.8, 4) is 0 Å². The van der Waals surface area contributed by atoms with Gasteiger partial charge in [0, 0.05) is 39.9 Å². The molecule has 0 bridgehead atoms. The third-order valence-corrected chi connectivity index (χ3v) is 5.67. The lowest BCUT2D eigenvalue weighted by molar-refractivity contribution is 0.521. The Balaban J connectivity index is 1.76. The van der Waals surface area contributed by atoms with Gasteiger partial charge in [-0.1, -0.05) is 24.3 Å². The lowest BCUT2D eigenvalue weighted by Gasteiger charge is -2.31. The molecule has 4 rings (SSSR count). The van der Waals surface area contributed by atoms with E-state index >= 15 is 0 Å². The summed E-state index contributed by atoms with van der Waals surface area (Å²) < 4.78 is 25.3. The standard InChI is InChI=1S/C21H18FN3OS/c1-27(26)19-4-2-3-15(13-19)20-24-14-21(25-20,17-9-11-23-12-10-17)16-5-7-18(22)8-6-16/h2-13H,14H2,1H3,(H,24,25)/t21?,27-/m0/s1. The Bertz CT molecular complexity index is 1020. The molecule has 2 atom stereocenters. The van der Waals surface area contributed by atoms with E-state index < -0.39 is 16.3 Å². The zero-order valence-corrected chi connectivity index (χ0v) is 15.5. The third-order valence-electron chi connectivity index (χ3n) is 4.76. The number of aromatic nitrogens is 1. The summed E-state index contributed by atoms with van der Waals surface area (Å²) in [5.41, 5.74) is 2.19. The summed E-state index contributed by atoms with van der Waals surface area (Å²) in [5.74, 6) is 0.448. The molecule has 0 aliphatic carbocycles. The summed E-state index contributed by atoms with van der Waals surface area (Å²) in [7, 11) is -1.07. The maximum atomic E-state index is 13.5. The maximum Gasteiger partial charge on any atom is 0.129 e. The molecule has 2 heterocycles. The quantitative estimate of drug-likeness (QED) is 0.757. The highest BCUT2D eigenvalue weighted by Gasteiger charge is 2.39. The molecular formula is C21H18FN3OS. The molecule has 1 aromatic heterocycles. The van der Waals surface area contributed by atoms with Crippen molar-refractivity contribution in [1.29, 1.82) is 0 Å². The van der Waals surface area contributed by atoms with Gasteiger partial charge in [-0.15, -0.1) is 0 Å². The highest BCUT2D eigenvalue weighted by molar-refractivity contribution is 7.84. The average Bonchev–Trinajstić information content (AvgIpc) is 3.16. The van der Waals surface area contributed by atoms with Crippen LogP contribution in [-0.2, 0) is 16.3 Å². The van der Waals surface area contributed by atoms with Crippen molar-refractivity contribution in [1.82, 2.24) is 10.3 Å². The molecule has 0 fully saturated rings. The van der Waals surface area contributed by atoms with E-state index in [0.29, 0.717) is 6.54 Å². The van der Waals surface area contributed by atoms with Crippen molar-refractivity contribution >= 4 is 16.6 Å². The Morgan fingerprint density at radius 2 is 1.74 bits per heavy atom. The summed E-state index contributed by atoms with van der Waals surface area (Å²) in [6.45, 7) is 0.470. The number of amidine groups is 1. The van der Waals surface area contributed by atoms with Gasteiger partial charge in [-0.25, -0.2) is 4.39 Å². The molecule has 2 aromatic carbocycles. The van der Waals surface area contributed by atoms with Crippen molar-refractivity contribution in [2.24, 2.45) is 4.99 Å². The predicted molar refractivity (Wildman–Crippen MR) is 105 cm³/mol. The normalized spacial score (nSPS) is 20.0. The number of hydrogen-bond donors (Lipinski definition) is 1. The number of nitrogens with one attached hydrogen (secondary N) is 1. The zero-order chi connectivity index (χ0) is 18.9. The summed E-state index contributed by atoms with van der Waals surface area (Å²) in [4.78, 5) is 9.58. The monoisotopic (exact) mass is 379 g/mol. The second-order valence-corrected chi connectivity index (χ2v) is 7.80. The number of nitrogens with zero attached hydrogens (tertiary/aromatic N) is 2. The van der Waals surface area contributed by atoms with Gasteiger partial charge in [0.25, 0.3) is 0 Å². The van der Waals surface area contributed by atoms with E-state index in [9.17, 15) is 8.60 Å². The second kappa shape index (κ2) is 7.04. The van der Waals surface area contributed by atoms with E-state index in [1.807, 2.05) is 36.4 Å². The van der Waals surface area contributed by atoms with Crippen LogP contribution >= 0.6 is 0 Å². The summed E-state index contributed by atoms with van der Waals surface area (Å²) >= 11 is 0. The largest absolute Gasteiger partial charge is 0.355 e. The minimum absolute atomic E-state index is 0.277. The first-order chi connectivity index (χ1) is 13.1. The molecule has 0 radical (unpaired) electrons. The van der Waals surface area contributed by atoms with Crippen LogP contribution in [0.2, 0.25) is 0 Å². The van der Waals surface area contributed by atoms with Crippen LogP contribution in [0.15, 0.2) is 82.9 Å². The lowest BCUT2D eigenvalue weighted by Crippen LogP contribution is -2.44. The number of halogens is 1. The van der Waals surface area contributed by atoms with Crippen molar-refractivity contribution in [3.63, 3.8) is 0 Å². The van der Waals surface area contributed by atoms with E-state index in [1.54, 1.807) is 30.8 Å². The summed E-state index contributed by atoms with van der Waals surface area (Å²) in [6, 6.07) is 17.9. The van der Waals surface area contributed by atoms with Crippen molar-refractivity contribution in [2.75, 3.05) is 12.8 Å². The van der Waals surface area contributed by atoms with Gasteiger partial charge in [0.1, 0.15) is 17.2 Å². The molecule has 0 amide bonds. The van der Waals surface area contributed by atoms with Crippen LogP contribution in [0.4, 0.5) is 4.39 Å². The fraction of sp³-hybridized carbons (Fsp3) is 0.143. The van der Waals surface area contributed by atoms with Crippen LogP contribution in [0.25, 0.3) is 0 Å². The fourth-order valence-corrected chi connectivity index (χ4v) is 3.89. The van der Waals surface area contributed by atoms with Crippen LogP contribution in [-0.4, -0.2) is 27.8 Å². The smallest absolute Gasteiger partial charge is 0.129 e. The molecule has 0 saturated heterocycles. The molecule has 27 heavy (non-hydrogen) atoms. The minimum Gasteiger partial charge on any atom is -0.355 e. The van der Waals surface area contributed by atoms with Crippen LogP contribution in [0.3, 0.4) is 0 Å². The van der Waals surface area contributed by atoms with E-state index in [4.69, 9.17) is 4.99 Å². The Kier molecular flexibility index (Phi) is 4.58. The maximum absolute atomic E-state index is 13.5. The summed E-state index contributed by atoms with van der Waals surface area (Å²) in [5, 5.41) is 3.54. The highest BCUT2D eigenvalue weighted by atomic mass is 32.2. The van der Waals surface area contributed by atoms with E-state index in [2.05, 4.69) is 10.3 Å². The lowest BCUT2D eigenvalue weighted by atomic mass is 9.84. The number of rotatable bonds is 4. The topological polar surface area (TPSA) is 54.4 Å². The van der Waals surface area contributed by atoms with Crippen LogP contribution in [0, 0.1) is 5.82 Å². The van der Waals surface area contributed by atoms with Gasteiger partial charge >= 0.3 is 0 Å². The van der Waals surface area contributed by atoms with Gasteiger partial charge in [0.15, 0.2) is 0 Å². The van der Waals surface area contributed by atoms with Crippen LogP contribution in [0.1, 0.15) is 16.7 Å². The molecule has 3 aromatic rings. The first kappa shape index (κ1) is 17.5. The van der Waals surface area contributed by atoms with Gasteiger partial charge in [-0.2, -0.15) is 0 Å². The van der Waals surface area contributed by atoms with Gasteiger partial charge in [-0.05, 0) is 47.5 Å². The van der Waals surface area contributed by atoms with Gasteiger partial charge in [0.2, 0.25) is 0 Å². The summed E-state index contributed by atoms with van der Waals surface area (Å²) in [6.07, 6.45) is 5.13. The number of hydrogen-bond acceptors (Lipinski definition) is 4. The van der Waals surface area contributed by atoms with E-state index in [1.165, 1.54) is 12.1 Å². The van der Waals surface area contributed by atoms with Crippen molar-refractivity contribution in [2.45, 2.75) is 10.4 Å². The highest BCUT2D eigenvalue weighted by Crippen LogP contribution is 2.34. The van der Waals surface area contributed by atoms with Gasteiger partial charge in [0.05, 0.1) is 6.54 Å². The SMILES string of the molecule is C[S@](=O)c1cccc(C2=NCC(c3ccncc3)(c3ccc(F)cc3)N2)c1. The predicted octanol–water partition coefficient (Wildman–Crippen LogP) is 3.25. The molecule has 1 aliphatic heterocycles. The molecule has 6 heteroatoms. The molecule has 0 saturated carbocycles. The Hall–Kier alpha value is -2.86. The second-order valence-electron chi connectivity index (χ2n) is 6.42. The van der Waals surface area contributed by atoms with Crippen molar-refractivity contribution in [3.05, 3.63) is 95.6 Å². The molecule has 0 spiro atoms. The molecular weight excluding hydrogens is 361 g/mol. The minimum atomic E-state index is -1.07. The van der Waals surface area contributed by atoms with Gasteiger partial charge in [-0.3, -0.25) is 14.2 Å². The Morgan fingerprint density at radius 1 is 1.04 bits per heavy atom. The van der Waals surface area contributed by atoms with Crippen molar-refractivity contribution < 1.29 is 8.60 Å². The number of aliphatic imine (C=N–C) groups is 1. The van der Waals surface area contributed by atoms with Crippen LogP contribution in [0.5, 0.6) is 0 Å². The first-order valence-electron chi connectivity index (χ1n) is 8.51. The average molecular weight is 379 g/mol.